The molecule has 1 heterocycles. The zero-order valence-corrected chi connectivity index (χ0v) is 9.64. The van der Waals surface area contributed by atoms with Crippen molar-refractivity contribution in [1.29, 1.82) is 0 Å². The molecule has 0 aliphatic rings. The van der Waals surface area contributed by atoms with Gasteiger partial charge in [0.1, 0.15) is 1.93 Å². The lowest BCUT2D eigenvalue weighted by molar-refractivity contribution is 0.999. The summed E-state index contributed by atoms with van der Waals surface area (Å²) in [5, 5.41) is 0. The van der Waals surface area contributed by atoms with Crippen LogP contribution in [-0.2, 0) is 0 Å². The number of nitrogen functional groups attached to an aromatic ring is 2. The molecule has 60 valence electrons. The Morgan fingerprint density at radius 3 is 1.82 bits per heavy atom. The molecule has 0 atom stereocenters. The number of alkyl halides is 2. The van der Waals surface area contributed by atoms with Gasteiger partial charge in [0.05, 0.1) is 0 Å². The molecule has 11 heavy (non-hydrogen) atoms. The normalized spacial score (nSPS) is 10.5. The Bertz CT molecular complexity index is 242. The predicted molar refractivity (Wildman–Crippen MR) is 59.4 cm³/mol. The topological polar surface area (TPSA) is 90.7 Å². The van der Waals surface area contributed by atoms with Gasteiger partial charge in [0.2, 0.25) is 11.9 Å². The summed E-state index contributed by atoms with van der Waals surface area (Å²) in [5.41, 5.74) is 10.7. The highest BCUT2D eigenvalue weighted by Gasteiger charge is 2.07. The van der Waals surface area contributed by atoms with Gasteiger partial charge in [-0.2, -0.15) is 15.0 Å². The molecule has 0 radical (unpaired) electrons. The number of anilines is 2. The Balaban J connectivity index is 3.08. The third-order valence-electron chi connectivity index (χ3n) is 0.882. The minimum absolute atomic E-state index is 0.165. The van der Waals surface area contributed by atoms with Crippen molar-refractivity contribution in [2.75, 3.05) is 11.5 Å². The maximum Gasteiger partial charge on any atom is 0.225 e. The summed E-state index contributed by atoms with van der Waals surface area (Å²) < 4.78 is 0.165. The second kappa shape index (κ2) is 3.65. The first kappa shape index (κ1) is 9.16. The van der Waals surface area contributed by atoms with Crippen LogP contribution in [0.25, 0.3) is 0 Å². The molecule has 5 nitrogen and oxygen atoms in total. The van der Waals surface area contributed by atoms with E-state index < -0.39 is 0 Å². The number of hydrogen-bond acceptors (Lipinski definition) is 5. The molecule has 0 bridgehead atoms. The van der Waals surface area contributed by atoms with E-state index in [1.807, 2.05) is 0 Å². The molecule has 0 aromatic carbocycles. The SMILES string of the molecule is Nc1nc(N)nc(C(I)I)n1. The van der Waals surface area contributed by atoms with Crippen LogP contribution in [0.2, 0.25) is 0 Å². The van der Waals surface area contributed by atoms with Gasteiger partial charge in [-0.1, -0.05) is 45.2 Å². The second-order valence-corrected chi connectivity index (χ2v) is 6.59. The lowest BCUT2D eigenvalue weighted by Crippen LogP contribution is -2.05. The molecule has 7 heteroatoms. The standard InChI is InChI=1S/C4H5I2N5/c5-1(6)2-9-3(7)11-4(8)10-2/h1H,(H4,7,8,9,10,11). The summed E-state index contributed by atoms with van der Waals surface area (Å²) in [6.45, 7) is 0. The first-order valence-electron chi connectivity index (χ1n) is 2.64. The number of aromatic nitrogens is 3. The Morgan fingerprint density at radius 1 is 1.00 bits per heavy atom. The van der Waals surface area contributed by atoms with E-state index in [1.165, 1.54) is 0 Å². The molecule has 0 aliphatic heterocycles. The van der Waals surface area contributed by atoms with Gasteiger partial charge in [0.25, 0.3) is 0 Å². The van der Waals surface area contributed by atoms with Crippen LogP contribution in [0.5, 0.6) is 0 Å². The van der Waals surface area contributed by atoms with Crippen LogP contribution < -0.4 is 11.5 Å². The van der Waals surface area contributed by atoms with Crippen molar-refractivity contribution in [3.63, 3.8) is 0 Å². The van der Waals surface area contributed by atoms with E-state index in [0.29, 0.717) is 5.82 Å². The Kier molecular flexibility index (Phi) is 3.04. The molecule has 0 saturated carbocycles. The van der Waals surface area contributed by atoms with Crippen molar-refractivity contribution < 1.29 is 0 Å². The minimum atomic E-state index is 0.165. The summed E-state index contributed by atoms with van der Waals surface area (Å²) in [5.74, 6) is 0.952. The molecule has 0 unspecified atom stereocenters. The number of hydrogen-bond donors (Lipinski definition) is 2. The summed E-state index contributed by atoms with van der Waals surface area (Å²) in [4.78, 5) is 11.4. The average molecular weight is 377 g/mol. The largest absolute Gasteiger partial charge is 0.368 e. The third kappa shape index (κ3) is 2.54. The van der Waals surface area contributed by atoms with E-state index in [1.54, 1.807) is 0 Å². The predicted octanol–water partition coefficient (Wildman–Crippen LogP) is 0.905. The summed E-state index contributed by atoms with van der Waals surface area (Å²) in [6, 6.07) is 0. The van der Waals surface area contributed by atoms with Crippen molar-refractivity contribution in [2.24, 2.45) is 0 Å². The smallest absolute Gasteiger partial charge is 0.225 e. The highest BCUT2D eigenvalue weighted by molar-refractivity contribution is 14.2. The van der Waals surface area contributed by atoms with E-state index in [2.05, 4.69) is 60.1 Å². The molecule has 0 spiro atoms. The number of rotatable bonds is 1. The Morgan fingerprint density at radius 2 is 1.45 bits per heavy atom. The van der Waals surface area contributed by atoms with Crippen molar-refractivity contribution in [2.45, 2.75) is 1.93 Å². The molecule has 1 aromatic rings. The van der Waals surface area contributed by atoms with Crippen LogP contribution in [0.15, 0.2) is 0 Å². The van der Waals surface area contributed by atoms with Gasteiger partial charge in [0, 0.05) is 0 Å². The molecular formula is C4H5I2N5. The van der Waals surface area contributed by atoms with Crippen LogP contribution in [-0.4, -0.2) is 15.0 Å². The van der Waals surface area contributed by atoms with Gasteiger partial charge in [-0.05, 0) is 0 Å². The fraction of sp³-hybridized carbons (Fsp3) is 0.250. The number of halogens is 2. The third-order valence-corrected chi connectivity index (χ3v) is 2.00. The summed E-state index contributed by atoms with van der Waals surface area (Å²) >= 11 is 4.33. The van der Waals surface area contributed by atoms with Crippen LogP contribution in [0.3, 0.4) is 0 Å². The van der Waals surface area contributed by atoms with Gasteiger partial charge < -0.3 is 11.5 Å². The van der Waals surface area contributed by atoms with E-state index >= 15 is 0 Å². The van der Waals surface area contributed by atoms with Gasteiger partial charge in [0.15, 0.2) is 5.82 Å². The fourth-order valence-electron chi connectivity index (χ4n) is 0.525. The van der Waals surface area contributed by atoms with Gasteiger partial charge in [-0.25, -0.2) is 0 Å². The van der Waals surface area contributed by atoms with E-state index in [-0.39, 0.29) is 13.8 Å². The van der Waals surface area contributed by atoms with E-state index in [9.17, 15) is 0 Å². The number of nitrogens with zero attached hydrogens (tertiary/aromatic N) is 3. The number of nitrogens with two attached hydrogens (primary N) is 2. The first-order valence-corrected chi connectivity index (χ1v) is 5.14. The molecule has 0 saturated heterocycles. The lowest BCUT2D eigenvalue weighted by Gasteiger charge is -2.00. The lowest BCUT2D eigenvalue weighted by atomic mass is 10.7. The highest BCUT2D eigenvalue weighted by Crippen LogP contribution is 2.27. The molecule has 4 N–H and O–H groups in total. The minimum Gasteiger partial charge on any atom is -0.368 e. The van der Waals surface area contributed by atoms with Crippen molar-refractivity contribution in [3.05, 3.63) is 5.82 Å². The first-order chi connectivity index (χ1) is 5.09. The van der Waals surface area contributed by atoms with Crippen molar-refractivity contribution >= 4 is 57.1 Å². The van der Waals surface area contributed by atoms with Gasteiger partial charge in [-0.15, -0.1) is 0 Å². The monoisotopic (exact) mass is 377 g/mol. The Labute approximate surface area is 90.7 Å². The summed E-state index contributed by atoms with van der Waals surface area (Å²) in [6.07, 6.45) is 0. The average Bonchev–Trinajstić information content (AvgIpc) is 1.85. The molecule has 0 aliphatic carbocycles. The maximum absolute atomic E-state index is 5.35. The summed E-state index contributed by atoms with van der Waals surface area (Å²) in [7, 11) is 0. The molecule has 0 fully saturated rings. The van der Waals surface area contributed by atoms with E-state index in [4.69, 9.17) is 11.5 Å². The maximum atomic E-state index is 5.35. The van der Waals surface area contributed by atoms with Crippen molar-refractivity contribution in [1.82, 2.24) is 15.0 Å². The second-order valence-electron chi connectivity index (χ2n) is 1.71. The zero-order valence-electron chi connectivity index (χ0n) is 5.33. The fourth-order valence-corrected chi connectivity index (χ4v) is 1.08. The van der Waals surface area contributed by atoms with Gasteiger partial charge >= 0.3 is 0 Å². The van der Waals surface area contributed by atoms with Gasteiger partial charge in [-0.3, -0.25) is 0 Å². The van der Waals surface area contributed by atoms with Crippen LogP contribution >= 0.6 is 45.2 Å². The Hall–Kier alpha value is 0.0700. The van der Waals surface area contributed by atoms with Crippen molar-refractivity contribution in [3.8, 4) is 0 Å². The zero-order chi connectivity index (χ0) is 8.43. The molecule has 1 rings (SSSR count). The molecular weight excluding hydrogens is 372 g/mol. The van der Waals surface area contributed by atoms with Crippen LogP contribution in [0.1, 0.15) is 7.76 Å². The van der Waals surface area contributed by atoms with E-state index in [0.717, 1.165) is 0 Å². The molecule has 1 aromatic heterocycles. The quantitative estimate of drug-likeness (QED) is 0.561. The van der Waals surface area contributed by atoms with Crippen LogP contribution in [0, 0.1) is 0 Å². The van der Waals surface area contributed by atoms with Crippen LogP contribution in [0.4, 0.5) is 11.9 Å². The highest BCUT2D eigenvalue weighted by atomic mass is 127. The molecule has 0 amide bonds.